The first kappa shape index (κ1) is 18.8. The highest BCUT2D eigenvalue weighted by Crippen LogP contribution is 2.48. The predicted octanol–water partition coefficient (Wildman–Crippen LogP) is 5.63. The summed E-state index contributed by atoms with van der Waals surface area (Å²) < 4.78 is 10.5. The molecular weight excluding hydrogens is 300 g/mol. The van der Waals surface area contributed by atoms with Crippen molar-refractivity contribution >= 4 is 5.97 Å². The van der Waals surface area contributed by atoms with Gasteiger partial charge in [-0.15, -0.1) is 0 Å². The van der Waals surface area contributed by atoms with E-state index < -0.39 is 0 Å². The molecule has 0 amide bonds. The average Bonchev–Trinajstić information content (AvgIpc) is 2.53. The fourth-order valence-corrected chi connectivity index (χ4v) is 4.19. The lowest BCUT2D eigenvalue weighted by Gasteiger charge is -2.43. The van der Waals surface area contributed by atoms with Gasteiger partial charge in [-0.2, -0.15) is 0 Å². The van der Waals surface area contributed by atoms with Crippen molar-refractivity contribution in [3.05, 3.63) is 29.8 Å². The van der Waals surface area contributed by atoms with Crippen LogP contribution in [-0.4, -0.2) is 19.7 Å². The van der Waals surface area contributed by atoms with Crippen LogP contribution in [0.4, 0.5) is 0 Å². The van der Waals surface area contributed by atoms with Crippen molar-refractivity contribution in [2.45, 2.75) is 65.7 Å². The molecule has 0 heterocycles. The molecule has 0 aromatic heterocycles. The maximum atomic E-state index is 11.4. The Labute approximate surface area is 146 Å². The lowest BCUT2D eigenvalue weighted by atomic mass is 9.63. The second kappa shape index (κ2) is 8.04. The Morgan fingerprint density at radius 2 is 1.79 bits per heavy atom. The zero-order valence-corrected chi connectivity index (χ0v) is 15.7. The van der Waals surface area contributed by atoms with Crippen LogP contribution in [0, 0.1) is 10.8 Å². The molecule has 1 aromatic rings. The van der Waals surface area contributed by atoms with Crippen molar-refractivity contribution in [2.75, 3.05) is 13.7 Å². The van der Waals surface area contributed by atoms with Crippen molar-refractivity contribution in [2.24, 2.45) is 10.8 Å². The molecule has 1 aliphatic carbocycles. The van der Waals surface area contributed by atoms with Gasteiger partial charge in [0.1, 0.15) is 5.75 Å². The van der Waals surface area contributed by atoms with E-state index in [1.165, 1.54) is 45.6 Å². The molecule has 1 fully saturated rings. The molecule has 3 nitrogen and oxygen atoms in total. The van der Waals surface area contributed by atoms with E-state index in [4.69, 9.17) is 9.47 Å². The third-order valence-corrected chi connectivity index (χ3v) is 5.26. The minimum atomic E-state index is -0.315. The molecule has 1 aliphatic rings. The summed E-state index contributed by atoms with van der Waals surface area (Å²) in [4.78, 5) is 11.4. The summed E-state index contributed by atoms with van der Waals surface area (Å²) in [6.07, 6.45) is 9.03. The van der Waals surface area contributed by atoms with Crippen LogP contribution in [0.3, 0.4) is 0 Å². The van der Waals surface area contributed by atoms with Crippen LogP contribution in [-0.2, 0) is 4.74 Å². The Morgan fingerprint density at radius 3 is 2.42 bits per heavy atom. The van der Waals surface area contributed by atoms with Crippen molar-refractivity contribution in [3.63, 3.8) is 0 Å². The number of methoxy groups -OCH3 is 1. The number of ether oxygens (including phenoxy) is 2. The number of hydrogen-bond donors (Lipinski definition) is 0. The van der Waals surface area contributed by atoms with E-state index in [2.05, 4.69) is 20.8 Å². The zero-order valence-electron chi connectivity index (χ0n) is 15.7. The third-order valence-electron chi connectivity index (χ3n) is 5.26. The van der Waals surface area contributed by atoms with Gasteiger partial charge in [0.2, 0.25) is 0 Å². The first-order valence-electron chi connectivity index (χ1n) is 9.15. The van der Waals surface area contributed by atoms with Gasteiger partial charge >= 0.3 is 5.97 Å². The fraction of sp³-hybridized carbons (Fsp3) is 0.667. The minimum absolute atomic E-state index is 0.315. The molecule has 2 rings (SSSR count). The van der Waals surface area contributed by atoms with Gasteiger partial charge in [-0.1, -0.05) is 27.2 Å². The molecule has 1 saturated carbocycles. The average molecular weight is 332 g/mol. The van der Waals surface area contributed by atoms with Crippen molar-refractivity contribution in [1.82, 2.24) is 0 Å². The highest BCUT2D eigenvalue weighted by Gasteiger charge is 2.35. The second-order valence-corrected chi connectivity index (χ2v) is 8.33. The summed E-state index contributed by atoms with van der Waals surface area (Å²) in [7, 11) is 1.39. The van der Waals surface area contributed by atoms with E-state index in [0.29, 0.717) is 16.4 Å². The standard InChI is InChI=1S/C21H32O3/c1-20(2)12-7-14-21(3,16-20)13-5-6-15-24-18-10-8-17(9-11-18)19(22)23-4/h8-11H,5-7,12-16H2,1-4H3. The molecule has 0 spiro atoms. The van der Waals surface area contributed by atoms with Crippen LogP contribution in [0.2, 0.25) is 0 Å². The summed E-state index contributed by atoms with van der Waals surface area (Å²) >= 11 is 0. The predicted molar refractivity (Wildman–Crippen MR) is 97.5 cm³/mol. The fourth-order valence-electron chi connectivity index (χ4n) is 4.19. The molecule has 1 atom stereocenters. The van der Waals surface area contributed by atoms with Crippen LogP contribution in [0.1, 0.15) is 76.1 Å². The maximum Gasteiger partial charge on any atom is 0.337 e. The van der Waals surface area contributed by atoms with Crippen molar-refractivity contribution < 1.29 is 14.3 Å². The summed E-state index contributed by atoms with van der Waals surface area (Å²) in [6, 6.07) is 7.15. The van der Waals surface area contributed by atoms with E-state index in [0.717, 1.165) is 18.8 Å². The zero-order chi connectivity index (χ0) is 17.6. The third kappa shape index (κ3) is 5.54. The van der Waals surface area contributed by atoms with Crippen molar-refractivity contribution in [1.29, 1.82) is 0 Å². The molecule has 24 heavy (non-hydrogen) atoms. The molecule has 0 radical (unpaired) electrons. The first-order chi connectivity index (χ1) is 11.3. The van der Waals surface area contributed by atoms with Gasteiger partial charge in [0.15, 0.2) is 0 Å². The van der Waals surface area contributed by atoms with Crippen LogP contribution in [0.25, 0.3) is 0 Å². The van der Waals surface area contributed by atoms with Gasteiger partial charge in [0.05, 0.1) is 19.3 Å². The maximum absolute atomic E-state index is 11.4. The van der Waals surface area contributed by atoms with E-state index in [1.54, 1.807) is 12.1 Å². The van der Waals surface area contributed by atoms with E-state index in [9.17, 15) is 4.79 Å². The number of rotatable bonds is 7. The Morgan fingerprint density at radius 1 is 1.08 bits per heavy atom. The lowest BCUT2D eigenvalue weighted by Crippen LogP contribution is -2.30. The van der Waals surface area contributed by atoms with Crippen molar-refractivity contribution in [3.8, 4) is 5.75 Å². The number of carbonyl (C=O) groups is 1. The highest BCUT2D eigenvalue weighted by atomic mass is 16.5. The van der Waals surface area contributed by atoms with Crippen LogP contribution < -0.4 is 4.74 Å². The molecule has 0 N–H and O–H groups in total. The molecule has 0 aliphatic heterocycles. The molecular formula is C21H32O3. The molecule has 3 heteroatoms. The molecule has 1 unspecified atom stereocenters. The Bertz CT molecular complexity index is 533. The molecule has 0 saturated heterocycles. The lowest BCUT2D eigenvalue weighted by molar-refractivity contribution is 0.0600. The normalized spacial score (nSPS) is 22.8. The van der Waals surface area contributed by atoms with E-state index in [-0.39, 0.29) is 5.97 Å². The van der Waals surface area contributed by atoms with E-state index in [1.807, 2.05) is 12.1 Å². The van der Waals surface area contributed by atoms with Gasteiger partial charge in [-0.05, 0) is 73.6 Å². The SMILES string of the molecule is COC(=O)c1ccc(OCCCCC2(C)CCCC(C)(C)C2)cc1. The van der Waals surface area contributed by atoms with Crippen LogP contribution in [0.15, 0.2) is 24.3 Å². The highest BCUT2D eigenvalue weighted by molar-refractivity contribution is 5.89. The van der Waals surface area contributed by atoms with Gasteiger partial charge in [-0.25, -0.2) is 4.79 Å². The van der Waals surface area contributed by atoms with Gasteiger partial charge in [0, 0.05) is 0 Å². The minimum Gasteiger partial charge on any atom is -0.494 e. The topological polar surface area (TPSA) is 35.5 Å². The Hall–Kier alpha value is -1.51. The summed E-state index contributed by atoms with van der Waals surface area (Å²) in [5.41, 5.74) is 1.56. The smallest absolute Gasteiger partial charge is 0.337 e. The number of benzene rings is 1. The van der Waals surface area contributed by atoms with E-state index >= 15 is 0 Å². The molecule has 134 valence electrons. The van der Waals surface area contributed by atoms with Gasteiger partial charge < -0.3 is 9.47 Å². The largest absolute Gasteiger partial charge is 0.494 e. The van der Waals surface area contributed by atoms with Crippen LogP contribution in [0.5, 0.6) is 5.75 Å². The molecule has 0 bridgehead atoms. The van der Waals surface area contributed by atoms with Crippen LogP contribution >= 0.6 is 0 Å². The summed E-state index contributed by atoms with van der Waals surface area (Å²) in [5, 5.41) is 0. The quantitative estimate of drug-likeness (QED) is 0.479. The number of hydrogen-bond acceptors (Lipinski definition) is 3. The summed E-state index contributed by atoms with van der Waals surface area (Å²) in [5.74, 6) is 0.498. The Kier molecular flexibility index (Phi) is 6.31. The second-order valence-electron chi connectivity index (χ2n) is 8.33. The summed E-state index contributed by atoms with van der Waals surface area (Å²) in [6.45, 7) is 8.01. The van der Waals surface area contributed by atoms with Gasteiger partial charge in [0.25, 0.3) is 0 Å². The van der Waals surface area contributed by atoms with Gasteiger partial charge in [-0.3, -0.25) is 0 Å². The first-order valence-corrected chi connectivity index (χ1v) is 9.15. The Balaban J connectivity index is 1.69. The number of esters is 1. The number of unbranched alkanes of at least 4 members (excludes halogenated alkanes) is 1. The molecule has 1 aromatic carbocycles. The number of carbonyl (C=O) groups excluding carboxylic acids is 1. The monoisotopic (exact) mass is 332 g/mol.